The molecule has 2 rings (SSSR count). The molecule has 3 nitrogen and oxygen atoms in total. The lowest BCUT2D eigenvalue weighted by molar-refractivity contribution is 0.0901. The molecule has 2 N–H and O–H groups in total. The van der Waals surface area contributed by atoms with Crippen LogP contribution in [0.3, 0.4) is 0 Å². The lowest BCUT2D eigenvalue weighted by Gasteiger charge is -2.44. The smallest absolute Gasteiger partial charge is 0.0448 e. The summed E-state index contributed by atoms with van der Waals surface area (Å²) in [5.41, 5.74) is 0.222. The molecule has 14 heavy (non-hydrogen) atoms. The SMILES string of the molecule is CNC1(CCO)CCN2CCCC2C1. The molecule has 0 aromatic heterocycles. The third kappa shape index (κ3) is 1.81. The average molecular weight is 198 g/mol. The van der Waals surface area contributed by atoms with E-state index in [1.165, 1.54) is 38.8 Å². The third-order valence-electron chi connectivity index (χ3n) is 4.12. The Morgan fingerprint density at radius 1 is 1.50 bits per heavy atom. The molecule has 0 radical (unpaired) electrons. The summed E-state index contributed by atoms with van der Waals surface area (Å²) < 4.78 is 0. The quantitative estimate of drug-likeness (QED) is 0.696. The van der Waals surface area contributed by atoms with Crippen molar-refractivity contribution in [1.29, 1.82) is 0 Å². The van der Waals surface area contributed by atoms with Gasteiger partial charge in [-0.15, -0.1) is 0 Å². The van der Waals surface area contributed by atoms with Crippen molar-refractivity contribution < 1.29 is 5.11 Å². The molecule has 2 atom stereocenters. The van der Waals surface area contributed by atoms with E-state index in [1.807, 2.05) is 7.05 Å². The van der Waals surface area contributed by atoms with Crippen LogP contribution < -0.4 is 5.32 Å². The lowest BCUT2D eigenvalue weighted by atomic mass is 9.81. The molecule has 0 aromatic rings. The summed E-state index contributed by atoms with van der Waals surface area (Å²) in [6, 6.07) is 0.780. The predicted octanol–water partition coefficient (Wildman–Crippen LogP) is 0.585. The van der Waals surface area contributed by atoms with Gasteiger partial charge in [0, 0.05) is 24.7 Å². The summed E-state index contributed by atoms with van der Waals surface area (Å²) in [6.07, 6.45) is 6.05. The Morgan fingerprint density at radius 3 is 3.07 bits per heavy atom. The monoisotopic (exact) mass is 198 g/mol. The maximum absolute atomic E-state index is 9.10. The molecule has 0 bridgehead atoms. The summed E-state index contributed by atoms with van der Waals surface area (Å²) >= 11 is 0. The highest BCUT2D eigenvalue weighted by atomic mass is 16.3. The van der Waals surface area contributed by atoms with Crippen LogP contribution in [0.25, 0.3) is 0 Å². The first-order chi connectivity index (χ1) is 6.79. The van der Waals surface area contributed by atoms with E-state index in [0.717, 1.165) is 12.5 Å². The van der Waals surface area contributed by atoms with Crippen LogP contribution in [0.1, 0.15) is 32.1 Å². The van der Waals surface area contributed by atoms with Crippen LogP contribution >= 0.6 is 0 Å². The van der Waals surface area contributed by atoms with Gasteiger partial charge in [0.15, 0.2) is 0 Å². The number of fused-ring (bicyclic) bond motifs is 1. The van der Waals surface area contributed by atoms with E-state index in [1.54, 1.807) is 0 Å². The summed E-state index contributed by atoms with van der Waals surface area (Å²) in [6.45, 7) is 2.82. The van der Waals surface area contributed by atoms with Gasteiger partial charge in [-0.3, -0.25) is 0 Å². The van der Waals surface area contributed by atoms with Gasteiger partial charge in [0.05, 0.1) is 0 Å². The molecule has 82 valence electrons. The zero-order chi connectivity index (χ0) is 10.0. The first kappa shape index (κ1) is 10.4. The van der Waals surface area contributed by atoms with Crippen LogP contribution in [0.4, 0.5) is 0 Å². The Balaban J connectivity index is 2.00. The minimum absolute atomic E-state index is 0.222. The minimum Gasteiger partial charge on any atom is -0.396 e. The molecule has 0 aliphatic carbocycles. The molecular weight excluding hydrogens is 176 g/mol. The van der Waals surface area contributed by atoms with E-state index in [4.69, 9.17) is 5.11 Å². The normalized spacial score (nSPS) is 38.6. The van der Waals surface area contributed by atoms with E-state index in [9.17, 15) is 0 Å². The number of piperidine rings is 1. The van der Waals surface area contributed by atoms with Gasteiger partial charge in [-0.05, 0) is 45.7 Å². The molecule has 3 heteroatoms. The molecule has 2 aliphatic heterocycles. The second-order valence-corrected chi connectivity index (χ2v) is 4.79. The van der Waals surface area contributed by atoms with Crippen LogP contribution in [0.15, 0.2) is 0 Å². The molecule has 2 heterocycles. The second-order valence-electron chi connectivity index (χ2n) is 4.79. The van der Waals surface area contributed by atoms with Crippen molar-refractivity contribution >= 4 is 0 Å². The zero-order valence-corrected chi connectivity index (χ0v) is 9.13. The van der Waals surface area contributed by atoms with Crippen LogP contribution in [0.5, 0.6) is 0 Å². The van der Waals surface area contributed by atoms with Crippen molar-refractivity contribution in [1.82, 2.24) is 10.2 Å². The van der Waals surface area contributed by atoms with Gasteiger partial charge in [-0.1, -0.05) is 0 Å². The van der Waals surface area contributed by atoms with Gasteiger partial charge >= 0.3 is 0 Å². The molecule has 2 aliphatic rings. The molecule has 0 spiro atoms. The Morgan fingerprint density at radius 2 is 2.36 bits per heavy atom. The molecule has 0 saturated carbocycles. The fraction of sp³-hybridized carbons (Fsp3) is 1.00. The highest BCUT2D eigenvalue weighted by Gasteiger charge is 2.39. The number of aliphatic hydroxyl groups is 1. The van der Waals surface area contributed by atoms with E-state index < -0.39 is 0 Å². The minimum atomic E-state index is 0.222. The first-order valence-electron chi connectivity index (χ1n) is 5.83. The number of hydrogen-bond acceptors (Lipinski definition) is 3. The standard InChI is InChI=1S/C11H22N2O/c1-12-11(5-8-14)4-7-13-6-2-3-10(13)9-11/h10,12,14H,2-9H2,1H3. The summed E-state index contributed by atoms with van der Waals surface area (Å²) in [5.74, 6) is 0. The van der Waals surface area contributed by atoms with Crippen LogP contribution in [-0.4, -0.2) is 48.3 Å². The molecule has 0 aromatic carbocycles. The van der Waals surface area contributed by atoms with Crippen molar-refractivity contribution in [2.75, 3.05) is 26.7 Å². The van der Waals surface area contributed by atoms with Crippen molar-refractivity contribution in [3.8, 4) is 0 Å². The Labute approximate surface area is 86.5 Å². The number of nitrogens with one attached hydrogen (secondary N) is 1. The topological polar surface area (TPSA) is 35.5 Å². The van der Waals surface area contributed by atoms with E-state index in [0.29, 0.717) is 6.61 Å². The van der Waals surface area contributed by atoms with E-state index >= 15 is 0 Å². The predicted molar refractivity (Wildman–Crippen MR) is 57.3 cm³/mol. The Kier molecular flexibility index (Phi) is 3.10. The summed E-state index contributed by atoms with van der Waals surface area (Å²) in [5, 5.41) is 12.5. The van der Waals surface area contributed by atoms with Gasteiger partial charge in [-0.2, -0.15) is 0 Å². The van der Waals surface area contributed by atoms with Crippen molar-refractivity contribution in [2.45, 2.75) is 43.7 Å². The Hall–Kier alpha value is -0.120. The number of aliphatic hydroxyl groups excluding tert-OH is 1. The highest BCUT2D eigenvalue weighted by molar-refractivity contribution is 4.98. The van der Waals surface area contributed by atoms with Crippen LogP contribution in [0.2, 0.25) is 0 Å². The lowest BCUT2D eigenvalue weighted by Crippen LogP contribution is -2.54. The average Bonchev–Trinajstić information content (AvgIpc) is 2.65. The van der Waals surface area contributed by atoms with Gasteiger partial charge < -0.3 is 15.3 Å². The van der Waals surface area contributed by atoms with Crippen molar-refractivity contribution in [2.24, 2.45) is 0 Å². The van der Waals surface area contributed by atoms with Crippen molar-refractivity contribution in [3.63, 3.8) is 0 Å². The van der Waals surface area contributed by atoms with E-state index in [-0.39, 0.29) is 5.54 Å². The van der Waals surface area contributed by atoms with Gasteiger partial charge in [0.1, 0.15) is 0 Å². The maximum atomic E-state index is 9.10. The third-order valence-corrected chi connectivity index (χ3v) is 4.12. The number of nitrogens with zero attached hydrogens (tertiary/aromatic N) is 1. The van der Waals surface area contributed by atoms with Crippen LogP contribution in [0, 0.1) is 0 Å². The van der Waals surface area contributed by atoms with Crippen LogP contribution in [-0.2, 0) is 0 Å². The number of rotatable bonds is 3. The van der Waals surface area contributed by atoms with Gasteiger partial charge in [-0.25, -0.2) is 0 Å². The Bertz CT molecular complexity index is 198. The summed E-state index contributed by atoms with van der Waals surface area (Å²) in [4.78, 5) is 2.62. The van der Waals surface area contributed by atoms with Crippen molar-refractivity contribution in [3.05, 3.63) is 0 Å². The molecule has 2 fully saturated rings. The molecule has 2 saturated heterocycles. The van der Waals surface area contributed by atoms with E-state index in [2.05, 4.69) is 10.2 Å². The maximum Gasteiger partial charge on any atom is 0.0448 e. The molecular formula is C11H22N2O. The van der Waals surface area contributed by atoms with Gasteiger partial charge in [0.2, 0.25) is 0 Å². The fourth-order valence-corrected chi connectivity index (χ4v) is 3.12. The highest BCUT2D eigenvalue weighted by Crippen LogP contribution is 2.34. The molecule has 0 amide bonds. The zero-order valence-electron chi connectivity index (χ0n) is 9.13. The summed E-state index contributed by atoms with van der Waals surface area (Å²) in [7, 11) is 2.04. The second kappa shape index (κ2) is 4.17. The molecule has 2 unspecified atom stereocenters. The number of hydrogen-bond donors (Lipinski definition) is 2. The largest absolute Gasteiger partial charge is 0.396 e. The van der Waals surface area contributed by atoms with Gasteiger partial charge in [0.25, 0.3) is 0 Å². The first-order valence-corrected chi connectivity index (χ1v) is 5.83. The fourth-order valence-electron chi connectivity index (χ4n) is 3.12.